The van der Waals surface area contributed by atoms with Gasteiger partial charge in [-0.1, -0.05) is 0 Å². The monoisotopic (exact) mass is 299 g/mol. The van der Waals surface area contributed by atoms with Gasteiger partial charge in [-0.15, -0.1) is 0 Å². The number of hydrogen-bond donors (Lipinski definition) is 3. The van der Waals surface area contributed by atoms with E-state index in [2.05, 4.69) is 15.4 Å². The van der Waals surface area contributed by atoms with Crippen LogP contribution in [-0.4, -0.2) is 32.5 Å². The summed E-state index contributed by atoms with van der Waals surface area (Å²) in [6, 6.07) is 6.48. The van der Waals surface area contributed by atoms with Crippen molar-refractivity contribution in [1.82, 2.24) is 4.72 Å². The average Bonchev–Trinajstić information content (AvgIpc) is 2.38. The topological polar surface area (TPSA) is 104 Å². The molecule has 110 valence electrons. The maximum Gasteiger partial charge on any atom is 0.239 e. The van der Waals surface area contributed by atoms with Crippen LogP contribution in [0.25, 0.3) is 0 Å². The fraction of sp³-hybridized carbons (Fsp3) is 0.333. The van der Waals surface area contributed by atoms with Crippen molar-refractivity contribution in [2.75, 3.05) is 22.9 Å². The normalized spacial score (nSPS) is 10.9. The summed E-state index contributed by atoms with van der Waals surface area (Å²) in [6.45, 7) is 2.57. The lowest BCUT2D eigenvalue weighted by molar-refractivity contribution is -0.115. The summed E-state index contributed by atoms with van der Waals surface area (Å²) in [6.07, 6.45) is 0. The maximum absolute atomic E-state index is 11.5. The van der Waals surface area contributed by atoms with Crippen LogP contribution in [-0.2, 0) is 19.6 Å². The van der Waals surface area contributed by atoms with E-state index in [9.17, 15) is 18.0 Å². The minimum absolute atomic E-state index is 0.0777. The summed E-state index contributed by atoms with van der Waals surface area (Å²) in [7, 11) is -3.39. The van der Waals surface area contributed by atoms with Gasteiger partial charge in [-0.2, -0.15) is 0 Å². The van der Waals surface area contributed by atoms with E-state index in [0.29, 0.717) is 11.4 Å². The molecule has 0 aliphatic carbocycles. The fourth-order valence-electron chi connectivity index (χ4n) is 1.32. The zero-order valence-electron chi connectivity index (χ0n) is 11.3. The molecule has 2 amide bonds. The van der Waals surface area contributed by atoms with Crippen molar-refractivity contribution in [2.24, 2.45) is 0 Å². The van der Waals surface area contributed by atoms with Gasteiger partial charge in [-0.3, -0.25) is 9.59 Å². The van der Waals surface area contributed by atoms with Crippen LogP contribution >= 0.6 is 0 Å². The number of benzene rings is 1. The van der Waals surface area contributed by atoms with Crippen molar-refractivity contribution in [1.29, 1.82) is 0 Å². The zero-order chi connectivity index (χ0) is 15.2. The number of anilines is 2. The second-order valence-electron chi connectivity index (χ2n) is 4.03. The Bertz CT molecular complexity index is 581. The van der Waals surface area contributed by atoms with E-state index >= 15 is 0 Å². The minimum atomic E-state index is -3.39. The molecule has 1 aromatic carbocycles. The van der Waals surface area contributed by atoms with Crippen molar-refractivity contribution < 1.29 is 18.0 Å². The highest BCUT2D eigenvalue weighted by Crippen LogP contribution is 2.13. The van der Waals surface area contributed by atoms with Crippen LogP contribution in [0.15, 0.2) is 24.3 Å². The zero-order valence-corrected chi connectivity index (χ0v) is 12.1. The molecule has 0 radical (unpaired) electrons. The Hall–Kier alpha value is -1.93. The van der Waals surface area contributed by atoms with Gasteiger partial charge in [0.2, 0.25) is 21.8 Å². The smallest absolute Gasteiger partial charge is 0.239 e. The number of hydrogen-bond acceptors (Lipinski definition) is 4. The van der Waals surface area contributed by atoms with Crippen molar-refractivity contribution in [3.63, 3.8) is 0 Å². The van der Waals surface area contributed by atoms with E-state index in [0.717, 1.165) is 0 Å². The van der Waals surface area contributed by atoms with Gasteiger partial charge in [0, 0.05) is 18.3 Å². The molecule has 0 saturated carbocycles. The number of nitrogens with one attached hydrogen (secondary N) is 3. The quantitative estimate of drug-likeness (QED) is 0.712. The molecule has 0 heterocycles. The molecular weight excluding hydrogens is 282 g/mol. The highest BCUT2D eigenvalue weighted by Gasteiger charge is 2.09. The van der Waals surface area contributed by atoms with Gasteiger partial charge in [0.15, 0.2) is 0 Å². The van der Waals surface area contributed by atoms with Crippen LogP contribution in [0.3, 0.4) is 0 Å². The molecule has 1 rings (SSSR count). The third kappa shape index (κ3) is 5.81. The van der Waals surface area contributed by atoms with Crippen molar-refractivity contribution in [3.8, 4) is 0 Å². The Labute approximate surface area is 117 Å². The summed E-state index contributed by atoms with van der Waals surface area (Å²) in [5, 5.41) is 5.14. The first-order valence-electron chi connectivity index (χ1n) is 5.97. The van der Waals surface area contributed by atoms with E-state index in [1.807, 2.05) is 0 Å². The van der Waals surface area contributed by atoms with E-state index in [1.54, 1.807) is 24.3 Å². The van der Waals surface area contributed by atoms with Gasteiger partial charge in [-0.05, 0) is 31.2 Å². The van der Waals surface area contributed by atoms with Gasteiger partial charge in [-0.25, -0.2) is 13.1 Å². The number of sulfonamides is 1. The summed E-state index contributed by atoms with van der Waals surface area (Å²) in [4.78, 5) is 22.4. The highest BCUT2D eigenvalue weighted by molar-refractivity contribution is 7.89. The summed E-state index contributed by atoms with van der Waals surface area (Å²) < 4.78 is 24.5. The lowest BCUT2D eigenvalue weighted by Crippen LogP contribution is -2.33. The number of carbonyl (C=O) groups excluding carboxylic acids is 2. The predicted octanol–water partition coefficient (Wildman–Crippen LogP) is 0.523. The minimum Gasteiger partial charge on any atom is -0.326 e. The van der Waals surface area contributed by atoms with Gasteiger partial charge in [0.1, 0.15) is 0 Å². The highest BCUT2D eigenvalue weighted by atomic mass is 32.2. The van der Waals surface area contributed by atoms with E-state index in [4.69, 9.17) is 0 Å². The Morgan fingerprint density at radius 2 is 1.55 bits per heavy atom. The van der Waals surface area contributed by atoms with Crippen molar-refractivity contribution in [2.45, 2.75) is 13.8 Å². The molecule has 3 N–H and O–H groups in total. The Kier molecular flexibility index (Phi) is 5.66. The molecule has 0 bridgehead atoms. The summed E-state index contributed by atoms with van der Waals surface area (Å²) >= 11 is 0. The molecule has 0 aliphatic rings. The molecular formula is C12H17N3O4S. The molecule has 0 atom stereocenters. The first kappa shape index (κ1) is 16.1. The van der Waals surface area contributed by atoms with Gasteiger partial charge >= 0.3 is 0 Å². The van der Waals surface area contributed by atoms with Crippen molar-refractivity contribution in [3.05, 3.63) is 24.3 Å². The first-order chi connectivity index (χ1) is 9.32. The number of carbonyl (C=O) groups is 2. The van der Waals surface area contributed by atoms with Crippen LogP contribution in [0.2, 0.25) is 0 Å². The molecule has 20 heavy (non-hydrogen) atoms. The molecule has 0 saturated heterocycles. The first-order valence-corrected chi connectivity index (χ1v) is 7.62. The van der Waals surface area contributed by atoms with E-state index in [-0.39, 0.29) is 18.2 Å². The van der Waals surface area contributed by atoms with Crippen molar-refractivity contribution >= 4 is 33.2 Å². The van der Waals surface area contributed by atoms with Crippen LogP contribution in [0.4, 0.5) is 11.4 Å². The fourth-order valence-corrected chi connectivity index (χ4v) is 1.88. The molecule has 0 aliphatic heterocycles. The SMILES string of the molecule is CCS(=O)(=O)NCC(=O)Nc1ccc(NC(C)=O)cc1. The van der Waals surface area contributed by atoms with E-state index in [1.165, 1.54) is 13.8 Å². The standard InChI is InChI=1S/C12H17N3O4S/c1-3-20(18,19)13-8-12(17)15-11-6-4-10(5-7-11)14-9(2)16/h4-7,13H,3,8H2,1-2H3,(H,14,16)(H,15,17). The molecule has 7 nitrogen and oxygen atoms in total. The average molecular weight is 299 g/mol. The largest absolute Gasteiger partial charge is 0.326 e. The Balaban J connectivity index is 2.52. The third-order valence-corrected chi connectivity index (χ3v) is 3.67. The number of amides is 2. The molecule has 0 unspecified atom stereocenters. The van der Waals surface area contributed by atoms with Crippen LogP contribution < -0.4 is 15.4 Å². The molecule has 1 aromatic rings. The van der Waals surface area contributed by atoms with Gasteiger partial charge in [0.05, 0.1) is 12.3 Å². The molecule has 0 fully saturated rings. The third-order valence-electron chi connectivity index (χ3n) is 2.32. The van der Waals surface area contributed by atoms with Gasteiger partial charge in [0.25, 0.3) is 0 Å². The van der Waals surface area contributed by atoms with Crippen LogP contribution in [0.1, 0.15) is 13.8 Å². The Morgan fingerprint density at radius 3 is 2.00 bits per heavy atom. The molecule has 8 heteroatoms. The second kappa shape index (κ2) is 7.01. The molecule has 0 spiro atoms. The summed E-state index contributed by atoms with van der Waals surface area (Å²) in [5.74, 6) is -0.726. The predicted molar refractivity (Wildman–Crippen MR) is 76.8 cm³/mol. The van der Waals surface area contributed by atoms with Gasteiger partial charge < -0.3 is 10.6 Å². The van der Waals surface area contributed by atoms with E-state index < -0.39 is 15.9 Å². The Morgan fingerprint density at radius 1 is 1.05 bits per heavy atom. The maximum atomic E-state index is 11.5. The molecule has 0 aromatic heterocycles. The lowest BCUT2D eigenvalue weighted by Gasteiger charge is -2.07. The number of rotatable bonds is 6. The lowest BCUT2D eigenvalue weighted by atomic mass is 10.2. The van der Waals surface area contributed by atoms with Crippen LogP contribution in [0, 0.1) is 0 Å². The summed E-state index contributed by atoms with van der Waals surface area (Å²) in [5.41, 5.74) is 1.13. The second-order valence-corrected chi connectivity index (χ2v) is 6.13. The van der Waals surface area contributed by atoms with Crippen LogP contribution in [0.5, 0.6) is 0 Å².